The summed E-state index contributed by atoms with van der Waals surface area (Å²) in [5.74, 6) is 0. The van der Waals surface area contributed by atoms with Crippen molar-refractivity contribution in [3.63, 3.8) is 0 Å². The Bertz CT molecular complexity index is 79.1. The summed E-state index contributed by atoms with van der Waals surface area (Å²) < 4.78 is 0.445. The minimum Gasteiger partial charge on any atom is -0.111 e. The molecule has 0 bridgehead atoms. The quantitative estimate of drug-likeness (QED) is 0.384. The van der Waals surface area contributed by atoms with E-state index < -0.39 is 0 Å². The van der Waals surface area contributed by atoms with Gasteiger partial charge in [0.1, 0.15) is 0 Å². The maximum absolute atomic E-state index is 3.49. The van der Waals surface area contributed by atoms with Gasteiger partial charge in [0.05, 0.1) is 0 Å². The summed E-state index contributed by atoms with van der Waals surface area (Å²) in [5.41, 5.74) is 0. The summed E-state index contributed by atoms with van der Waals surface area (Å²) in [6.07, 6.45) is 2.28. The number of hydrogen-bond donors (Lipinski definition) is 0. The van der Waals surface area contributed by atoms with Crippen LogP contribution in [0.5, 0.6) is 0 Å². The van der Waals surface area contributed by atoms with Crippen molar-refractivity contribution in [1.82, 2.24) is 0 Å². The van der Waals surface area contributed by atoms with E-state index in [1.54, 1.807) is 0 Å². The lowest BCUT2D eigenvalue weighted by Crippen LogP contribution is -2.21. The Morgan fingerprint density at radius 1 is 1.33 bits per heavy atom. The van der Waals surface area contributed by atoms with Crippen LogP contribution in [-0.2, 0) is 0 Å². The van der Waals surface area contributed by atoms with E-state index in [0.29, 0.717) is 6.51 Å². The molecule has 0 aromatic carbocycles. The van der Waals surface area contributed by atoms with Crippen LogP contribution < -0.4 is 0 Å². The van der Waals surface area contributed by atoms with Crippen molar-refractivity contribution >= 4 is 64.4 Å². The number of alkyl halides is 1. The summed E-state index contributed by atoms with van der Waals surface area (Å²) in [5, 5.41) is 0. The fourth-order valence-corrected chi connectivity index (χ4v) is 1.46. The normalized spacial score (nSPS) is 15.7. The predicted octanol–water partition coefficient (Wildman–Crippen LogP) is 4.25. The zero-order chi connectivity index (χ0) is 7.49. The molecule has 0 saturated carbocycles. The minimum atomic E-state index is 0.363. The molecule has 0 radical (unpaired) electrons. The monoisotopic (exact) mass is 386 g/mol. The molecule has 0 aliphatic heterocycles. The maximum atomic E-state index is 3.49. The van der Waals surface area contributed by atoms with E-state index in [1.807, 2.05) is 0 Å². The standard InChI is InChI=1S/C4H8Br4N/c1-2-3-4(5)9(6,7)8/h4H,2-3H2,1H3/q+1. The molecule has 0 fully saturated rings. The lowest BCUT2D eigenvalue weighted by molar-refractivity contribution is -0.434. The lowest BCUT2D eigenvalue weighted by Gasteiger charge is -2.16. The van der Waals surface area contributed by atoms with Crippen LogP contribution in [0.1, 0.15) is 19.8 Å². The lowest BCUT2D eigenvalue weighted by atomic mass is 10.3. The van der Waals surface area contributed by atoms with Gasteiger partial charge >= 0.3 is 0 Å². The number of nitrogens with zero attached hydrogens (tertiary/aromatic N) is 1. The molecule has 1 atom stereocenters. The Balaban J connectivity index is 3.59. The number of halogens is 4. The van der Waals surface area contributed by atoms with Crippen LogP contribution in [-0.4, -0.2) is 6.51 Å². The minimum absolute atomic E-state index is 0.363. The third-order valence-corrected chi connectivity index (χ3v) is 5.05. The van der Waals surface area contributed by atoms with Crippen molar-refractivity contribution in [3.05, 3.63) is 0 Å². The predicted molar refractivity (Wildman–Crippen MR) is 54.7 cm³/mol. The summed E-state index contributed by atoms with van der Waals surface area (Å²) in [4.78, 5) is 0.363. The second kappa shape index (κ2) is 4.70. The zero-order valence-corrected chi connectivity index (χ0v) is 11.3. The molecule has 5 heteroatoms. The van der Waals surface area contributed by atoms with E-state index in [1.165, 1.54) is 6.42 Å². The molecule has 0 N–H and O–H groups in total. The molecule has 0 saturated heterocycles. The van der Waals surface area contributed by atoms with Gasteiger partial charge in [0.2, 0.25) is 0 Å². The molecule has 0 aliphatic carbocycles. The van der Waals surface area contributed by atoms with Crippen LogP contribution in [0.2, 0.25) is 0 Å². The van der Waals surface area contributed by atoms with Crippen LogP contribution in [0, 0.1) is 0 Å². The molecule has 1 nitrogen and oxygen atoms in total. The number of hydrogen-bond acceptors (Lipinski definition) is 0. The maximum Gasteiger partial charge on any atom is 0.253 e. The second-order valence-electron chi connectivity index (χ2n) is 1.71. The first kappa shape index (κ1) is 10.9. The highest BCUT2D eigenvalue weighted by molar-refractivity contribution is 9.27. The van der Waals surface area contributed by atoms with E-state index in [2.05, 4.69) is 71.3 Å². The average molecular weight is 390 g/mol. The van der Waals surface area contributed by atoms with E-state index >= 15 is 0 Å². The van der Waals surface area contributed by atoms with Gasteiger partial charge in [-0.3, -0.25) is 0 Å². The molecule has 56 valence electrons. The highest BCUT2D eigenvalue weighted by Crippen LogP contribution is 2.38. The molecular weight excluding hydrogens is 382 g/mol. The fourth-order valence-electron chi connectivity index (χ4n) is 0.385. The van der Waals surface area contributed by atoms with Gasteiger partial charge in [0, 0.05) is 6.42 Å². The van der Waals surface area contributed by atoms with Crippen LogP contribution in [0.4, 0.5) is 0 Å². The van der Waals surface area contributed by atoms with Gasteiger partial charge in [-0.15, -0.1) is 1.56 Å². The third-order valence-electron chi connectivity index (χ3n) is 0.845. The molecule has 9 heavy (non-hydrogen) atoms. The molecule has 0 aromatic heterocycles. The Hall–Kier alpha value is 1.88. The van der Waals surface area contributed by atoms with Gasteiger partial charge in [-0.1, -0.05) is 6.92 Å². The topological polar surface area (TPSA) is 0 Å². The first-order chi connectivity index (χ1) is 3.98. The molecule has 0 aromatic rings. The molecular formula is C4H8Br4N+. The first-order valence-corrected chi connectivity index (χ1v) is 5.64. The third kappa shape index (κ3) is 5.18. The van der Waals surface area contributed by atoms with E-state index in [-0.39, 0.29) is 0 Å². The van der Waals surface area contributed by atoms with E-state index in [0.717, 1.165) is 6.42 Å². The molecule has 0 heterocycles. The van der Waals surface area contributed by atoms with Gasteiger partial charge < -0.3 is 0 Å². The number of quaternary nitrogens is 1. The van der Waals surface area contributed by atoms with Crippen molar-refractivity contribution in [2.45, 2.75) is 24.7 Å². The number of rotatable bonds is 3. The van der Waals surface area contributed by atoms with Crippen molar-refractivity contribution in [1.29, 1.82) is 0 Å². The van der Waals surface area contributed by atoms with Crippen molar-refractivity contribution in [2.24, 2.45) is 0 Å². The zero-order valence-electron chi connectivity index (χ0n) is 4.95. The first-order valence-electron chi connectivity index (χ1n) is 2.60. The van der Waals surface area contributed by atoms with Crippen molar-refractivity contribution in [3.8, 4) is 0 Å². The van der Waals surface area contributed by atoms with Crippen LogP contribution >= 0.6 is 64.4 Å². The highest BCUT2D eigenvalue weighted by Gasteiger charge is 2.28. The van der Waals surface area contributed by atoms with Crippen LogP contribution in [0.3, 0.4) is 0 Å². The summed E-state index contributed by atoms with van der Waals surface area (Å²) in [6.45, 7) is 2.15. The molecule has 1 unspecified atom stereocenters. The largest absolute Gasteiger partial charge is 0.253 e. The molecule has 0 rings (SSSR count). The van der Waals surface area contributed by atoms with Crippen LogP contribution in [0.25, 0.3) is 0 Å². The van der Waals surface area contributed by atoms with Gasteiger partial charge in [0.15, 0.2) is 4.95 Å². The Morgan fingerprint density at radius 2 is 1.78 bits per heavy atom. The summed E-state index contributed by atoms with van der Waals surface area (Å²) in [6, 6.07) is 0. The van der Waals surface area contributed by atoms with E-state index in [4.69, 9.17) is 0 Å². The van der Waals surface area contributed by atoms with Crippen LogP contribution in [0.15, 0.2) is 0 Å². The Morgan fingerprint density at radius 3 is 1.89 bits per heavy atom. The smallest absolute Gasteiger partial charge is 0.111 e. The fraction of sp³-hybridized carbons (Fsp3) is 1.00. The molecule has 0 amide bonds. The second-order valence-corrected chi connectivity index (χ2v) is 8.98. The molecule has 0 aliphatic rings. The average Bonchev–Trinajstić information content (AvgIpc) is 1.64. The van der Waals surface area contributed by atoms with Gasteiger partial charge in [-0.05, 0) is 22.4 Å². The SMILES string of the molecule is CCCC(Br)[N+](Br)(Br)Br. The summed E-state index contributed by atoms with van der Waals surface area (Å²) in [7, 11) is 0. The van der Waals surface area contributed by atoms with E-state index in [9.17, 15) is 0 Å². The van der Waals surface area contributed by atoms with Gasteiger partial charge in [-0.2, -0.15) is 0 Å². The Kier molecular flexibility index (Phi) is 5.68. The van der Waals surface area contributed by atoms with Gasteiger partial charge in [0.25, 0.3) is 48.4 Å². The molecule has 0 spiro atoms. The van der Waals surface area contributed by atoms with Gasteiger partial charge in [-0.25, -0.2) is 0 Å². The van der Waals surface area contributed by atoms with Crippen molar-refractivity contribution < 1.29 is 1.56 Å². The van der Waals surface area contributed by atoms with Crippen molar-refractivity contribution in [2.75, 3.05) is 0 Å². The summed E-state index contributed by atoms with van der Waals surface area (Å²) >= 11 is 13.6. The Labute approximate surface area is 89.9 Å². The highest BCUT2D eigenvalue weighted by atomic mass is 80.0.